The molecule has 2 aliphatic rings. The van der Waals surface area contributed by atoms with Crippen LogP contribution in [0, 0.1) is 5.41 Å². The fourth-order valence-corrected chi connectivity index (χ4v) is 2.40. The maximum Gasteiger partial charge on any atom is 0.283 e. The number of hydrogen-bond donors (Lipinski definition) is 1. The van der Waals surface area contributed by atoms with Crippen molar-refractivity contribution in [2.45, 2.75) is 0 Å². The van der Waals surface area contributed by atoms with Crippen molar-refractivity contribution in [3.8, 4) is 0 Å². The number of fused-ring (bicyclic) bond motifs is 1. The molecule has 1 N–H and O–H groups in total. The molecule has 0 spiro atoms. The fraction of sp³-hybridized carbons (Fsp3) is 0. The molecule has 0 aromatic heterocycles. The Morgan fingerprint density at radius 2 is 2.05 bits per heavy atom. The second-order valence-electron chi connectivity index (χ2n) is 3.81. The summed E-state index contributed by atoms with van der Waals surface area (Å²) in [7, 11) is 0. The van der Waals surface area contributed by atoms with Gasteiger partial charge < -0.3 is 0 Å². The second kappa shape index (κ2) is 4.64. The first-order valence-corrected chi connectivity index (χ1v) is 6.59. The van der Waals surface area contributed by atoms with Crippen LogP contribution in [0.25, 0.3) is 6.08 Å². The van der Waals surface area contributed by atoms with E-state index in [-0.39, 0.29) is 11.4 Å². The average Bonchev–Trinajstić information content (AvgIpc) is 2.85. The van der Waals surface area contributed by atoms with Gasteiger partial charge in [0, 0.05) is 5.02 Å². The zero-order valence-corrected chi connectivity index (χ0v) is 11.1. The molecule has 2 aliphatic heterocycles. The summed E-state index contributed by atoms with van der Waals surface area (Å²) in [6.45, 7) is 0. The van der Waals surface area contributed by atoms with Crippen molar-refractivity contribution < 1.29 is 4.79 Å². The van der Waals surface area contributed by atoms with E-state index in [0.29, 0.717) is 10.2 Å². The maximum absolute atomic E-state index is 11.9. The number of aliphatic imine (C=N–C) groups is 1. The molecule has 0 atom stereocenters. The average molecular weight is 291 g/mol. The van der Waals surface area contributed by atoms with Crippen molar-refractivity contribution in [3.05, 3.63) is 40.4 Å². The number of nitrogens with zero attached hydrogens (tertiary/aromatic N) is 3. The van der Waals surface area contributed by atoms with Crippen LogP contribution < -0.4 is 0 Å². The lowest BCUT2D eigenvalue weighted by Crippen LogP contribution is -2.35. The molecule has 0 bridgehead atoms. The van der Waals surface area contributed by atoms with Gasteiger partial charge in [-0.3, -0.25) is 10.2 Å². The molecule has 5 nitrogen and oxygen atoms in total. The van der Waals surface area contributed by atoms with Crippen LogP contribution in [0.15, 0.2) is 39.9 Å². The number of rotatable bonds is 1. The predicted octanol–water partition coefficient (Wildman–Crippen LogP) is 2.59. The van der Waals surface area contributed by atoms with Crippen LogP contribution in [-0.2, 0) is 4.79 Å². The maximum atomic E-state index is 11.9. The quantitative estimate of drug-likeness (QED) is 0.808. The standard InChI is InChI=1S/C12H7ClN4OS/c13-8-3-1-7(2-4-8)5-9-10(14)17-12(16-11(9)18)19-6-15-17/h1-6,14H. The van der Waals surface area contributed by atoms with Gasteiger partial charge in [0.15, 0.2) is 11.0 Å². The molecular formula is C12H7ClN4OS. The Kier molecular flexibility index (Phi) is 2.96. The number of halogens is 1. The van der Waals surface area contributed by atoms with Crippen molar-refractivity contribution in [1.29, 1.82) is 5.41 Å². The molecule has 0 fully saturated rings. The molecule has 1 aromatic rings. The van der Waals surface area contributed by atoms with E-state index in [1.165, 1.54) is 16.8 Å². The molecule has 94 valence electrons. The Labute approximate surface area is 118 Å². The van der Waals surface area contributed by atoms with E-state index in [4.69, 9.17) is 17.0 Å². The SMILES string of the molecule is N=C1C(=Cc2ccc(Cl)cc2)C(=O)N=C2SC=NN12. The lowest BCUT2D eigenvalue weighted by molar-refractivity contribution is -0.114. The molecule has 0 unspecified atom stereocenters. The number of benzene rings is 1. The minimum absolute atomic E-state index is 0.0335. The first kappa shape index (κ1) is 12.1. The third-order valence-electron chi connectivity index (χ3n) is 2.58. The van der Waals surface area contributed by atoms with E-state index in [1.807, 2.05) is 0 Å². The van der Waals surface area contributed by atoms with Gasteiger partial charge in [-0.1, -0.05) is 23.7 Å². The minimum Gasteiger partial charge on any atom is -0.282 e. The van der Waals surface area contributed by atoms with Crippen LogP contribution in [0.5, 0.6) is 0 Å². The van der Waals surface area contributed by atoms with Crippen LogP contribution in [-0.4, -0.2) is 27.5 Å². The van der Waals surface area contributed by atoms with Crippen LogP contribution in [0.3, 0.4) is 0 Å². The highest BCUT2D eigenvalue weighted by atomic mass is 35.5. The summed E-state index contributed by atoms with van der Waals surface area (Å²) >= 11 is 7.02. The normalized spacial score (nSPS) is 19.9. The molecule has 0 radical (unpaired) electrons. The summed E-state index contributed by atoms with van der Waals surface area (Å²) in [4.78, 5) is 15.8. The molecular weight excluding hydrogens is 284 g/mol. The summed E-state index contributed by atoms with van der Waals surface area (Å²) in [6, 6.07) is 7.00. The van der Waals surface area contributed by atoms with E-state index >= 15 is 0 Å². The smallest absolute Gasteiger partial charge is 0.282 e. The zero-order valence-electron chi connectivity index (χ0n) is 9.50. The summed E-state index contributed by atoms with van der Waals surface area (Å²) in [5.74, 6) is -0.393. The predicted molar refractivity (Wildman–Crippen MR) is 77.5 cm³/mol. The highest BCUT2D eigenvalue weighted by molar-refractivity contribution is 8.25. The molecule has 0 aliphatic carbocycles. The van der Waals surface area contributed by atoms with Crippen LogP contribution >= 0.6 is 23.4 Å². The first-order valence-electron chi connectivity index (χ1n) is 5.33. The van der Waals surface area contributed by atoms with Gasteiger partial charge in [-0.2, -0.15) is 15.1 Å². The van der Waals surface area contributed by atoms with E-state index in [1.54, 1.807) is 35.9 Å². The molecule has 0 saturated carbocycles. The summed E-state index contributed by atoms with van der Waals surface area (Å²) in [5.41, 5.74) is 2.55. The van der Waals surface area contributed by atoms with Crippen LogP contribution in [0.4, 0.5) is 0 Å². The Balaban J connectivity index is 2.00. The summed E-state index contributed by atoms with van der Waals surface area (Å²) in [5, 5.41) is 14.4. The first-order chi connectivity index (χ1) is 9.15. The third-order valence-corrected chi connectivity index (χ3v) is 3.50. The van der Waals surface area contributed by atoms with Crippen molar-refractivity contribution in [2.24, 2.45) is 10.1 Å². The van der Waals surface area contributed by atoms with Crippen molar-refractivity contribution >= 4 is 51.9 Å². The number of hydrogen-bond acceptors (Lipinski definition) is 4. The zero-order chi connectivity index (χ0) is 13.4. The molecule has 2 heterocycles. The van der Waals surface area contributed by atoms with Gasteiger partial charge in [-0.15, -0.1) is 0 Å². The van der Waals surface area contributed by atoms with Gasteiger partial charge >= 0.3 is 0 Å². The van der Waals surface area contributed by atoms with Crippen LogP contribution in [0.2, 0.25) is 5.02 Å². The Bertz CT molecular complexity index is 663. The highest BCUT2D eigenvalue weighted by Crippen LogP contribution is 2.24. The molecule has 1 aromatic carbocycles. The minimum atomic E-state index is -0.427. The monoisotopic (exact) mass is 290 g/mol. The fourth-order valence-electron chi connectivity index (χ4n) is 1.66. The lowest BCUT2D eigenvalue weighted by Gasteiger charge is -2.20. The molecule has 1 amide bonds. The largest absolute Gasteiger partial charge is 0.283 e. The van der Waals surface area contributed by atoms with Gasteiger partial charge in [0.05, 0.1) is 11.1 Å². The van der Waals surface area contributed by atoms with Gasteiger partial charge in [0.2, 0.25) is 0 Å². The van der Waals surface area contributed by atoms with Crippen molar-refractivity contribution in [3.63, 3.8) is 0 Å². The van der Waals surface area contributed by atoms with E-state index in [0.717, 1.165) is 5.56 Å². The highest BCUT2D eigenvalue weighted by Gasteiger charge is 2.32. The number of amidine groups is 2. The Morgan fingerprint density at radius 3 is 2.79 bits per heavy atom. The van der Waals surface area contributed by atoms with Gasteiger partial charge in [-0.25, -0.2) is 0 Å². The van der Waals surface area contributed by atoms with Gasteiger partial charge in [0.25, 0.3) is 5.91 Å². The summed E-state index contributed by atoms with van der Waals surface area (Å²) < 4.78 is 0. The van der Waals surface area contributed by atoms with Gasteiger partial charge in [0.1, 0.15) is 0 Å². The Morgan fingerprint density at radius 1 is 1.32 bits per heavy atom. The van der Waals surface area contributed by atoms with Crippen LogP contribution in [0.1, 0.15) is 5.56 Å². The van der Waals surface area contributed by atoms with Crippen molar-refractivity contribution in [1.82, 2.24) is 5.01 Å². The number of carbonyl (C=O) groups excluding carboxylic acids is 1. The lowest BCUT2D eigenvalue weighted by atomic mass is 10.1. The number of carbonyl (C=O) groups is 1. The van der Waals surface area contributed by atoms with Crippen molar-refractivity contribution in [2.75, 3.05) is 0 Å². The van der Waals surface area contributed by atoms with Gasteiger partial charge in [-0.05, 0) is 35.5 Å². The number of amides is 1. The Hall–Kier alpha value is -1.92. The molecule has 7 heteroatoms. The van der Waals surface area contributed by atoms with E-state index in [9.17, 15) is 4.79 Å². The van der Waals surface area contributed by atoms with E-state index < -0.39 is 5.91 Å². The molecule has 19 heavy (non-hydrogen) atoms. The number of thioether (sulfide) groups is 1. The molecule has 0 saturated heterocycles. The summed E-state index contributed by atoms with van der Waals surface area (Å²) in [6.07, 6.45) is 1.61. The number of hydrazone groups is 1. The molecule has 3 rings (SSSR count). The third kappa shape index (κ3) is 2.20. The second-order valence-corrected chi connectivity index (χ2v) is 5.06. The van der Waals surface area contributed by atoms with E-state index in [2.05, 4.69) is 10.1 Å². The topological polar surface area (TPSA) is 68.9 Å². The number of nitrogens with one attached hydrogen (secondary N) is 1.